The van der Waals surface area contributed by atoms with Gasteiger partial charge in [0, 0.05) is 47.8 Å². The van der Waals surface area contributed by atoms with E-state index < -0.39 is 0 Å². The molecule has 3 aromatic carbocycles. The van der Waals surface area contributed by atoms with Crippen LogP contribution < -0.4 is 10.2 Å². The molecule has 1 aliphatic heterocycles. The van der Waals surface area contributed by atoms with Gasteiger partial charge in [0.05, 0.1) is 11.3 Å². The highest BCUT2D eigenvalue weighted by molar-refractivity contribution is 6.59. The number of fused-ring (bicyclic) bond motifs is 1. The summed E-state index contributed by atoms with van der Waals surface area (Å²) in [4.78, 5) is 35.8. The first-order valence-corrected chi connectivity index (χ1v) is 18.7. The summed E-state index contributed by atoms with van der Waals surface area (Å²) in [6.07, 6.45) is 4.71. The molecule has 5 aromatic rings. The molecule has 0 bridgehead atoms. The molecule has 3 heterocycles. The van der Waals surface area contributed by atoms with Gasteiger partial charge in [-0.3, -0.25) is 9.59 Å². The number of nitrogens with zero attached hydrogens (tertiary/aromatic N) is 5. The van der Waals surface area contributed by atoms with Gasteiger partial charge in [-0.05, 0) is 75.4 Å². The van der Waals surface area contributed by atoms with Gasteiger partial charge in [-0.15, -0.1) is 0 Å². The van der Waals surface area contributed by atoms with E-state index in [2.05, 4.69) is 49.1 Å². The maximum Gasteiger partial charge on any atom is 0.274 e. The summed E-state index contributed by atoms with van der Waals surface area (Å²) in [5.74, 6) is 0.607. The number of nitrogens with one attached hydrogen (secondary N) is 1. The fraction of sp³-hybridized carbons (Fsp3) is 0.350. The quantitative estimate of drug-likeness (QED) is 0.133. The molecule has 2 aromatic heterocycles. The van der Waals surface area contributed by atoms with Crippen molar-refractivity contribution in [2.24, 2.45) is 0 Å². The molecule has 0 unspecified atom stereocenters. The van der Waals surface area contributed by atoms with Gasteiger partial charge in [0.2, 0.25) is 9.68 Å². The number of benzene rings is 3. The topological polar surface area (TPSA) is 96.5 Å². The Morgan fingerprint density at radius 1 is 0.940 bits per heavy atom. The van der Waals surface area contributed by atoms with Crippen molar-refractivity contribution in [1.29, 1.82) is 0 Å². The van der Waals surface area contributed by atoms with Gasteiger partial charge in [0.25, 0.3) is 11.8 Å². The zero-order valence-corrected chi connectivity index (χ0v) is 30.7. The smallest absolute Gasteiger partial charge is 0.274 e. The SMILES string of the molecule is CCCCN(CCCC)C(=O)c1cc(C)n(-c2ccc(N[Si]c3c(-c4ccccc4)noc3C)cc2C(=O)N2Cc3ccccc3C[C@H]2C)n1. The predicted molar refractivity (Wildman–Crippen MR) is 199 cm³/mol. The maximum atomic E-state index is 14.6. The molecule has 1 aliphatic rings. The Morgan fingerprint density at radius 2 is 1.64 bits per heavy atom. The third kappa shape index (κ3) is 7.45. The van der Waals surface area contributed by atoms with Gasteiger partial charge in [-0.25, -0.2) is 4.68 Å². The number of anilines is 1. The number of unbranched alkanes of at least 4 members (excludes halogenated alkanes) is 2. The van der Waals surface area contributed by atoms with E-state index in [4.69, 9.17) is 9.62 Å². The van der Waals surface area contributed by atoms with Crippen LogP contribution in [0.4, 0.5) is 5.69 Å². The molecule has 1 N–H and O–H groups in total. The highest BCUT2D eigenvalue weighted by atomic mass is 28.2. The Balaban J connectivity index is 1.35. The van der Waals surface area contributed by atoms with Crippen LogP contribution in [0.15, 0.2) is 83.4 Å². The maximum absolute atomic E-state index is 14.6. The van der Waals surface area contributed by atoms with E-state index in [0.29, 0.717) is 36.6 Å². The van der Waals surface area contributed by atoms with Crippen molar-refractivity contribution in [3.8, 4) is 16.9 Å². The molecule has 10 heteroatoms. The van der Waals surface area contributed by atoms with Gasteiger partial charge < -0.3 is 19.3 Å². The molecule has 2 amide bonds. The van der Waals surface area contributed by atoms with Crippen LogP contribution in [0.1, 0.15) is 89.9 Å². The Bertz CT molecular complexity index is 1940. The number of carbonyl (C=O) groups is 2. The minimum absolute atomic E-state index is 0.0124. The Kier molecular flexibility index (Phi) is 11.0. The monoisotopic (exact) mass is 686 g/mol. The number of aryl methyl sites for hydroxylation is 2. The van der Waals surface area contributed by atoms with Crippen LogP contribution in [-0.4, -0.2) is 65.4 Å². The molecule has 258 valence electrons. The van der Waals surface area contributed by atoms with Crippen molar-refractivity contribution in [1.82, 2.24) is 24.7 Å². The standard InChI is InChI=1S/C40H46N6O3Si/c1-6-8-21-44(22-9-7-2)40(48)35-24-28(4)46(41-35)36-20-19-33(43-50-38-29(5)49-42-37(38)30-15-11-10-12-16-30)25-34(36)39(47)45-26-32-18-14-13-17-31(32)23-27(45)3/h10-20,24-25,27,43H,6-9,21-23,26H2,1-5H3/t27-/m1/s1. The van der Waals surface area contributed by atoms with Gasteiger partial charge in [0.1, 0.15) is 11.5 Å². The fourth-order valence-corrected chi connectivity index (χ4v) is 7.47. The molecule has 1 atom stereocenters. The number of aromatic nitrogens is 3. The molecule has 2 radical (unpaired) electrons. The predicted octanol–water partition coefficient (Wildman–Crippen LogP) is 7.13. The first-order valence-electron chi connectivity index (χ1n) is 17.7. The summed E-state index contributed by atoms with van der Waals surface area (Å²) in [6.45, 7) is 12.2. The van der Waals surface area contributed by atoms with Crippen LogP contribution in [0.25, 0.3) is 16.9 Å². The van der Waals surface area contributed by atoms with E-state index >= 15 is 0 Å². The van der Waals surface area contributed by atoms with E-state index in [9.17, 15) is 9.59 Å². The lowest BCUT2D eigenvalue weighted by Crippen LogP contribution is -2.43. The molecular formula is C40H46N6O3Si. The van der Waals surface area contributed by atoms with Gasteiger partial charge >= 0.3 is 0 Å². The zero-order valence-electron chi connectivity index (χ0n) is 29.7. The Hall–Kier alpha value is -4.96. The van der Waals surface area contributed by atoms with Crippen molar-refractivity contribution in [3.05, 3.63) is 113 Å². The number of hydrogen-bond donors (Lipinski definition) is 1. The summed E-state index contributed by atoms with van der Waals surface area (Å²) in [6, 6.07) is 26.0. The van der Waals surface area contributed by atoms with Crippen molar-refractivity contribution in [2.75, 3.05) is 18.1 Å². The lowest BCUT2D eigenvalue weighted by molar-refractivity contribution is 0.0658. The highest BCUT2D eigenvalue weighted by Crippen LogP contribution is 2.29. The van der Waals surface area contributed by atoms with E-state index in [0.717, 1.165) is 71.3 Å². The lowest BCUT2D eigenvalue weighted by Gasteiger charge is -2.35. The van der Waals surface area contributed by atoms with Crippen LogP contribution in [0.3, 0.4) is 0 Å². The number of amides is 2. The first-order chi connectivity index (χ1) is 24.3. The van der Waals surface area contributed by atoms with Crippen molar-refractivity contribution in [2.45, 2.75) is 79.3 Å². The summed E-state index contributed by atoms with van der Waals surface area (Å²) in [5.41, 5.74) is 7.39. The summed E-state index contributed by atoms with van der Waals surface area (Å²) < 4.78 is 7.36. The largest absolute Gasteiger partial charge is 0.408 e. The van der Waals surface area contributed by atoms with Crippen molar-refractivity contribution >= 4 is 32.4 Å². The molecule has 0 saturated carbocycles. The summed E-state index contributed by atoms with van der Waals surface area (Å²) in [7, 11) is 0.151. The van der Waals surface area contributed by atoms with Crippen LogP contribution >= 0.6 is 0 Å². The van der Waals surface area contributed by atoms with Crippen LogP contribution in [0.5, 0.6) is 0 Å². The summed E-state index contributed by atoms with van der Waals surface area (Å²) >= 11 is 0. The fourth-order valence-electron chi connectivity index (χ4n) is 6.52. The molecule has 0 spiro atoms. The number of rotatable bonds is 13. The van der Waals surface area contributed by atoms with Crippen molar-refractivity contribution in [3.63, 3.8) is 0 Å². The van der Waals surface area contributed by atoms with Gasteiger partial charge in [0.15, 0.2) is 5.69 Å². The van der Waals surface area contributed by atoms with Gasteiger partial charge in [-0.2, -0.15) is 5.10 Å². The third-order valence-electron chi connectivity index (χ3n) is 9.42. The lowest BCUT2D eigenvalue weighted by atomic mass is 9.94. The molecule has 9 nitrogen and oxygen atoms in total. The van der Waals surface area contributed by atoms with Crippen LogP contribution in [0.2, 0.25) is 0 Å². The third-order valence-corrected chi connectivity index (χ3v) is 10.7. The normalized spacial score (nSPS) is 14.0. The second kappa shape index (κ2) is 15.7. The second-order valence-electron chi connectivity index (χ2n) is 13.1. The minimum Gasteiger partial charge on any atom is -0.408 e. The molecule has 50 heavy (non-hydrogen) atoms. The van der Waals surface area contributed by atoms with Crippen LogP contribution in [-0.2, 0) is 13.0 Å². The Labute approximate surface area is 297 Å². The first kappa shape index (κ1) is 34.9. The summed E-state index contributed by atoms with van der Waals surface area (Å²) in [5, 5.41) is 10.2. The average molecular weight is 687 g/mol. The number of carbonyl (C=O) groups excluding carboxylic acids is 2. The molecular weight excluding hydrogens is 641 g/mol. The van der Waals surface area contributed by atoms with E-state index in [1.165, 1.54) is 5.56 Å². The molecule has 0 aliphatic carbocycles. The van der Waals surface area contributed by atoms with Crippen LogP contribution in [0, 0.1) is 13.8 Å². The second-order valence-corrected chi connectivity index (χ2v) is 14.1. The Morgan fingerprint density at radius 3 is 2.36 bits per heavy atom. The van der Waals surface area contributed by atoms with Gasteiger partial charge in [-0.1, -0.05) is 86.4 Å². The average Bonchev–Trinajstić information content (AvgIpc) is 3.71. The molecule has 0 fully saturated rings. The van der Waals surface area contributed by atoms with Crippen molar-refractivity contribution < 1.29 is 14.1 Å². The number of hydrogen-bond acceptors (Lipinski definition) is 6. The van der Waals surface area contributed by atoms with E-state index in [1.54, 1.807) is 4.68 Å². The molecule has 0 saturated heterocycles. The molecule has 6 rings (SSSR count). The van der Waals surface area contributed by atoms with E-state index in [1.807, 2.05) is 84.3 Å². The van der Waals surface area contributed by atoms with E-state index in [-0.39, 0.29) is 27.5 Å². The minimum atomic E-state index is -0.0737. The highest BCUT2D eigenvalue weighted by Gasteiger charge is 2.30. The zero-order chi connectivity index (χ0) is 35.2.